The Bertz CT molecular complexity index is 1250. The Morgan fingerprint density at radius 3 is 2.42 bits per heavy atom. The van der Waals surface area contributed by atoms with Crippen LogP contribution in [0, 0.1) is 0 Å². The molecule has 4 aromatic rings. The molecule has 3 aromatic carbocycles. The third-order valence-corrected chi connectivity index (χ3v) is 7.19. The van der Waals surface area contributed by atoms with E-state index in [1.807, 2.05) is 46.7 Å². The van der Waals surface area contributed by atoms with E-state index in [0.717, 1.165) is 59.3 Å². The van der Waals surface area contributed by atoms with Crippen LogP contribution in [-0.2, 0) is 13.2 Å². The molecule has 0 atom stereocenters. The second-order valence-electron chi connectivity index (χ2n) is 8.31. The molecular formula is C27H25ClN2O2S. The largest absolute Gasteiger partial charge is 0.489 e. The lowest BCUT2D eigenvalue weighted by molar-refractivity contribution is 0.0633. The number of piperazine rings is 1. The second kappa shape index (κ2) is 9.96. The van der Waals surface area contributed by atoms with Crippen molar-refractivity contribution in [2.45, 2.75) is 13.2 Å². The molecule has 1 aromatic heterocycles. The molecule has 1 aliphatic heterocycles. The molecule has 1 amide bonds. The first kappa shape index (κ1) is 22.0. The molecule has 2 heterocycles. The van der Waals surface area contributed by atoms with Crippen LogP contribution >= 0.6 is 22.9 Å². The molecule has 0 saturated carbocycles. The molecule has 0 N–H and O–H groups in total. The second-order valence-corrected chi connectivity index (χ2v) is 9.66. The number of hydrogen-bond donors (Lipinski definition) is 0. The smallest absolute Gasteiger partial charge is 0.264 e. The van der Waals surface area contributed by atoms with Gasteiger partial charge in [-0.15, -0.1) is 11.3 Å². The molecule has 0 unspecified atom stereocenters. The van der Waals surface area contributed by atoms with Crippen molar-refractivity contribution in [2.24, 2.45) is 0 Å². The third-order valence-electron chi connectivity index (χ3n) is 5.97. The maximum atomic E-state index is 13.0. The normalized spacial score (nSPS) is 14.5. The third kappa shape index (κ3) is 5.38. The van der Waals surface area contributed by atoms with Crippen LogP contribution in [0.1, 0.15) is 20.8 Å². The Kier molecular flexibility index (Phi) is 6.63. The first-order valence-electron chi connectivity index (χ1n) is 11.1. The first-order valence-corrected chi connectivity index (χ1v) is 12.3. The van der Waals surface area contributed by atoms with Crippen molar-refractivity contribution < 1.29 is 9.53 Å². The van der Waals surface area contributed by atoms with Crippen LogP contribution in [0.3, 0.4) is 0 Å². The maximum absolute atomic E-state index is 13.0. The van der Waals surface area contributed by atoms with Gasteiger partial charge in [-0.3, -0.25) is 9.69 Å². The summed E-state index contributed by atoms with van der Waals surface area (Å²) in [5.41, 5.74) is 2.27. The molecule has 168 valence electrons. The number of thiophene rings is 1. The van der Waals surface area contributed by atoms with Crippen LogP contribution in [0.2, 0.25) is 5.02 Å². The predicted octanol–water partition coefficient (Wildman–Crippen LogP) is 6.09. The summed E-state index contributed by atoms with van der Waals surface area (Å²) in [5.74, 6) is 0.952. The molecular weight excluding hydrogens is 452 g/mol. The molecule has 5 rings (SSSR count). The van der Waals surface area contributed by atoms with Gasteiger partial charge in [0.05, 0.1) is 4.88 Å². The highest BCUT2D eigenvalue weighted by molar-refractivity contribution is 7.12. The number of halogens is 1. The molecule has 1 fully saturated rings. The Morgan fingerprint density at radius 2 is 1.64 bits per heavy atom. The Balaban J connectivity index is 1.13. The number of nitrogens with zero attached hydrogens (tertiary/aromatic N) is 2. The number of benzene rings is 3. The Hall–Kier alpha value is -2.86. The Labute approximate surface area is 203 Å². The van der Waals surface area contributed by atoms with Gasteiger partial charge >= 0.3 is 0 Å². The maximum Gasteiger partial charge on any atom is 0.264 e. The Morgan fingerprint density at radius 1 is 0.879 bits per heavy atom. The number of amides is 1. The minimum absolute atomic E-state index is 0.114. The number of fused-ring (bicyclic) bond motifs is 1. The summed E-state index contributed by atoms with van der Waals surface area (Å²) in [6.45, 7) is 4.57. The molecule has 1 saturated heterocycles. The molecule has 0 radical (unpaired) electrons. The topological polar surface area (TPSA) is 32.8 Å². The predicted molar refractivity (Wildman–Crippen MR) is 135 cm³/mol. The van der Waals surface area contributed by atoms with Crippen molar-refractivity contribution in [1.82, 2.24) is 9.80 Å². The number of carbonyl (C=O) groups excluding carboxylic acids is 1. The van der Waals surface area contributed by atoms with Crippen LogP contribution in [-0.4, -0.2) is 41.9 Å². The standard InChI is InChI=1S/C27H25ClN2O2S/c28-24-8-5-20(6-9-24)17-29-11-13-30(14-12-29)27(31)26-15-21(19-33-26)18-32-25-10-7-22-3-1-2-4-23(22)16-25/h1-10,15-16,19H,11-14,17-18H2. The van der Waals surface area contributed by atoms with Crippen molar-refractivity contribution in [2.75, 3.05) is 26.2 Å². The molecule has 0 aliphatic carbocycles. The van der Waals surface area contributed by atoms with Gasteiger partial charge in [-0.05, 0) is 52.0 Å². The van der Waals surface area contributed by atoms with Crippen molar-refractivity contribution >= 4 is 39.6 Å². The van der Waals surface area contributed by atoms with E-state index in [9.17, 15) is 4.79 Å². The van der Waals surface area contributed by atoms with Crippen molar-refractivity contribution in [3.05, 3.63) is 99.2 Å². The van der Waals surface area contributed by atoms with Gasteiger partial charge in [0.1, 0.15) is 12.4 Å². The zero-order chi connectivity index (χ0) is 22.6. The van der Waals surface area contributed by atoms with Crippen LogP contribution < -0.4 is 4.74 Å². The van der Waals surface area contributed by atoms with Crippen LogP contribution in [0.15, 0.2) is 78.2 Å². The van der Waals surface area contributed by atoms with E-state index in [1.54, 1.807) is 0 Å². The van der Waals surface area contributed by atoms with Crippen LogP contribution in [0.4, 0.5) is 0 Å². The zero-order valence-corrected chi connectivity index (χ0v) is 19.8. The number of hydrogen-bond acceptors (Lipinski definition) is 4. The van der Waals surface area contributed by atoms with Gasteiger partial charge in [-0.1, -0.05) is 54.1 Å². The molecule has 0 bridgehead atoms. The highest BCUT2D eigenvalue weighted by Crippen LogP contribution is 2.23. The first-order chi connectivity index (χ1) is 16.1. The van der Waals surface area contributed by atoms with Gasteiger partial charge in [0, 0.05) is 43.3 Å². The lowest BCUT2D eigenvalue weighted by Gasteiger charge is -2.34. The fourth-order valence-electron chi connectivity index (χ4n) is 4.10. The quantitative estimate of drug-likeness (QED) is 0.337. The van der Waals surface area contributed by atoms with Crippen LogP contribution in [0.25, 0.3) is 10.8 Å². The monoisotopic (exact) mass is 476 g/mol. The SMILES string of the molecule is O=C(c1cc(COc2ccc3ccccc3c2)cs1)N1CCN(Cc2ccc(Cl)cc2)CC1. The number of ether oxygens (including phenoxy) is 1. The summed E-state index contributed by atoms with van der Waals surface area (Å²) < 4.78 is 5.98. The van der Waals surface area contributed by atoms with E-state index in [0.29, 0.717) is 6.61 Å². The van der Waals surface area contributed by atoms with E-state index in [2.05, 4.69) is 41.3 Å². The number of rotatable bonds is 6. The lowest BCUT2D eigenvalue weighted by Crippen LogP contribution is -2.48. The van der Waals surface area contributed by atoms with Crippen LogP contribution in [0.5, 0.6) is 5.75 Å². The zero-order valence-electron chi connectivity index (χ0n) is 18.2. The number of carbonyl (C=O) groups is 1. The highest BCUT2D eigenvalue weighted by atomic mass is 35.5. The van der Waals surface area contributed by atoms with Crippen molar-refractivity contribution in [3.8, 4) is 5.75 Å². The van der Waals surface area contributed by atoms with E-state index >= 15 is 0 Å². The summed E-state index contributed by atoms with van der Waals surface area (Å²) in [6.07, 6.45) is 0. The van der Waals surface area contributed by atoms with Crippen molar-refractivity contribution in [1.29, 1.82) is 0 Å². The van der Waals surface area contributed by atoms with Gasteiger partial charge in [0.2, 0.25) is 0 Å². The minimum atomic E-state index is 0.114. The van der Waals surface area contributed by atoms with E-state index in [-0.39, 0.29) is 5.91 Å². The van der Waals surface area contributed by atoms with Gasteiger partial charge < -0.3 is 9.64 Å². The molecule has 33 heavy (non-hydrogen) atoms. The van der Waals surface area contributed by atoms with E-state index in [1.165, 1.54) is 22.3 Å². The van der Waals surface area contributed by atoms with E-state index in [4.69, 9.17) is 16.3 Å². The average Bonchev–Trinajstić information content (AvgIpc) is 3.33. The van der Waals surface area contributed by atoms with E-state index < -0.39 is 0 Å². The molecule has 0 spiro atoms. The summed E-state index contributed by atoms with van der Waals surface area (Å²) in [4.78, 5) is 18.1. The van der Waals surface area contributed by atoms with Gasteiger partial charge in [0.25, 0.3) is 5.91 Å². The summed E-state index contributed by atoms with van der Waals surface area (Å²) in [6, 6.07) is 24.3. The molecule has 4 nitrogen and oxygen atoms in total. The molecule has 6 heteroatoms. The molecule has 1 aliphatic rings. The van der Waals surface area contributed by atoms with Gasteiger partial charge in [-0.2, -0.15) is 0 Å². The van der Waals surface area contributed by atoms with Crippen molar-refractivity contribution in [3.63, 3.8) is 0 Å². The summed E-state index contributed by atoms with van der Waals surface area (Å²) >= 11 is 7.47. The lowest BCUT2D eigenvalue weighted by atomic mass is 10.1. The fraction of sp³-hybridized carbons (Fsp3) is 0.222. The summed E-state index contributed by atoms with van der Waals surface area (Å²) in [7, 11) is 0. The summed E-state index contributed by atoms with van der Waals surface area (Å²) in [5, 5.41) is 5.13. The fourth-order valence-corrected chi connectivity index (χ4v) is 5.09. The highest BCUT2D eigenvalue weighted by Gasteiger charge is 2.23. The minimum Gasteiger partial charge on any atom is -0.489 e. The average molecular weight is 477 g/mol. The van der Waals surface area contributed by atoms with Gasteiger partial charge in [0.15, 0.2) is 0 Å². The van der Waals surface area contributed by atoms with Gasteiger partial charge in [-0.25, -0.2) is 0 Å².